The molecule has 162 valence electrons. The van der Waals surface area contributed by atoms with E-state index in [1.165, 1.54) is 39.4 Å². The fourth-order valence-electron chi connectivity index (χ4n) is 5.30. The molecular weight excluding hydrogens is 414 g/mol. The van der Waals surface area contributed by atoms with Gasteiger partial charge in [0.25, 0.3) is 5.91 Å². The summed E-state index contributed by atoms with van der Waals surface area (Å²) in [6.07, 6.45) is 7.97. The molecule has 1 atom stereocenters. The fraction of sp³-hybridized carbons (Fsp3) is 0.333. The lowest BCUT2D eigenvalue weighted by molar-refractivity contribution is 0.0959. The topological polar surface area (TPSA) is 35.9 Å². The van der Waals surface area contributed by atoms with Gasteiger partial charge in [-0.15, -0.1) is 11.3 Å². The Morgan fingerprint density at radius 1 is 1.00 bits per heavy atom. The number of carbonyl (C=O) groups excluding carboxylic acids is 1. The van der Waals surface area contributed by atoms with Crippen LogP contribution in [0.4, 0.5) is 10.7 Å². The zero-order valence-corrected chi connectivity index (χ0v) is 19.0. The van der Waals surface area contributed by atoms with Crippen LogP contribution in [0.25, 0.3) is 0 Å². The molecule has 0 saturated heterocycles. The number of amides is 1. The van der Waals surface area contributed by atoms with E-state index in [9.17, 15) is 4.79 Å². The van der Waals surface area contributed by atoms with E-state index in [2.05, 4.69) is 40.4 Å². The Kier molecular flexibility index (Phi) is 5.16. The average molecular weight is 442 g/mol. The van der Waals surface area contributed by atoms with Gasteiger partial charge in [-0.25, -0.2) is 0 Å². The molecule has 3 aromatic rings. The number of aliphatic imine (C=N–C) groups is 1. The van der Waals surface area contributed by atoms with Crippen LogP contribution in [0, 0.1) is 0 Å². The molecule has 1 amide bonds. The number of thiophene rings is 1. The van der Waals surface area contributed by atoms with Gasteiger partial charge in [0, 0.05) is 41.2 Å². The van der Waals surface area contributed by atoms with Gasteiger partial charge in [-0.05, 0) is 61.4 Å². The smallest absolute Gasteiger partial charge is 0.260 e. The lowest BCUT2D eigenvalue weighted by Crippen LogP contribution is -2.45. The summed E-state index contributed by atoms with van der Waals surface area (Å²) < 4.78 is 0. The molecule has 0 spiro atoms. The molecule has 0 saturated carbocycles. The van der Waals surface area contributed by atoms with Crippen molar-refractivity contribution in [3.8, 4) is 0 Å². The number of nitrogens with zero attached hydrogens (tertiary/aromatic N) is 3. The summed E-state index contributed by atoms with van der Waals surface area (Å²) >= 11 is 1.86. The highest BCUT2D eigenvalue weighted by atomic mass is 32.1. The molecule has 6 rings (SSSR count). The van der Waals surface area contributed by atoms with Crippen molar-refractivity contribution >= 4 is 34.1 Å². The van der Waals surface area contributed by atoms with E-state index in [4.69, 9.17) is 0 Å². The third-order valence-corrected chi connectivity index (χ3v) is 8.34. The van der Waals surface area contributed by atoms with Crippen LogP contribution >= 0.6 is 11.3 Å². The number of carbonyl (C=O) groups is 1. The van der Waals surface area contributed by atoms with E-state index in [1.807, 2.05) is 46.6 Å². The van der Waals surface area contributed by atoms with Gasteiger partial charge in [-0.3, -0.25) is 19.6 Å². The summed E-state index contributed by atoms with van der Waals surface area (Å²) in [7, 11) is 0. The number of aryl methyl sites for hydroxylation is 1. The summed E-state index contributed by atoms with van der Waals surface area (Å²) in [6.45, 7) is 2.56. The molecular formula is C27H27N3OS. The first-order valence-electron chi connectivity index (χ1n) is 11.6. The highest BCUT2D eigenvalue weighted by Gasteiger charge is 2.33. The number of para-hydroxylation sites is 1. The molecule has 5 heteroatoms. The van der Waals surface area contributed by atoms with Gasteiger partial charge in [0.2, 0.25) is 0 Å². The van der Waals surface area contributed by atoms with E-state index in [0.717, 1.165) is 43.6 Å². The molecule has 2 aliphatic heterocycles. The Morgan fingerprint density at radius 2 is 1.81 bits per heavy atom. The van der Waals surface area contributed by atoms with E-state index in [1.54, 1.807) is 0 Å². The quantitative estimate of drug-likeness (QED) is 0.503. The van der Waals surface area contributed by atoms with Crippen LogP contribution in [0.15, 0.2) is 59.6 Å². The minimum Gasteiger partial charge on any atom is -0.286 e. The zero-order valence-electron chi connectivity index (χ0n) is 18.2. The maximum Gasteiger partial charge on any atom is 0.260 e. The van der Waals surface area contributed by atoms with Gasteiger partial charge in [0.05, 0.1) is 12.4 Å². The molecule has 1 aliphatic carbocycles. The molecule has 4 nitrogen and oxygen atoms in total. The molecule has 0 N–H and O–H groups in total. The Labute approximate surface area is 193 Å². The van der Waals surface area contributed by atoms with Crippen LogP contribution in [-0.4, -0.2) is 30.2 Å². The minimum atomic E-state index is 0.114. The largest absolute Gasteiger partial charge is 0.286 e. The van der Waals surface area contributed by atoms with Crippen LogP contribution < -0.4 is 4.90 Å². The highest BCUT2D eigenvalue weighted by molar-refractivity contribution is 7.16. The fourth-order valence-corrected chi connectivity index (χ4v) is 6.69. The summed E-state index contributed by atoms with van der Waals surface area (Å²) in [5, 5.41) is 1.19. The van der Waals surface area contributed by atoms with Crippen molar-refractivity contribution in [2.45, 2.75) is 44.6 Å². The number of hydrogen-bond acceptors (Lipinski definition) is 4. The van der Waals surface area contributed by atoms with Crippen molar-refractivity contribution in [3.63, 3.8) is 0 Å². The SMILES string of the molecule is O=C(c1ccccc1)N1CN(CCC2C=Nc3ccccc32)Cc2c1sc1c2CCCC1. The summed E-state index contributed by atoms with van der Waals surface area (Å²) in [4.78, 5) is 24.1. The first-order valence-corrected chi connectivity index (χ1v) is 12.5. The Hall–Kier alpha value is -2.76. The van der Waals surface area contributed by atoms with Crippen molar-refractivity contribution in [2.75, 3.05) is 18.1 Å². The molecule has 0 bridgehead atoms. The predicted molar refractivity (Wildman–Crippen MR) is 131 cm³/mol. The summed E-state index contributed by atoms with van der Waals surface area (Å²) in [6, 6.07) is 18.2. The van der Waals surface area contributed by atoms with Crippen LogP contribution in [0.5, 0.6) is 0 Å². The van der Waals surface area contributed by atoms with Crippen molar-refractivity contribution in [1.82, 2.24) is 4.90 Å². The van der Waals surface area contributed by atoms with Crippen LogP contribution in [0.1, 0.15) is 57.1 Å². The van der Waals surface area contributed by atoms with Crippen molar-refractivity contribution in [3.05, 3.63) is 81.7 Å². The molecule has 1 aromatic heterocycles. The van der Waals surface area contributed by atoms with Crippen LogP contribution in [0.3, 0.4) is 0 Å². The second-order valence-corrected chi connectivity index (χ2v) is 10.1. The van der Waals surface area contributed by atoms with E-state index in [0.29, 0.717) is 12.6 Å². The summed E-state index contributed by atoms with van der Waals surface area (Å²) in [5.41, 5.74) is 6.13. The van der Waals surface area contributed by atoms with E-state index < -0.39 is 0 Å². The standard InChI is InChI=1S/C27H27N3OS/c31-26(19-8-2-1-3-9-19)30-18-29(15-14-20-16-28-24-12-6-4-10-21(20)24)17-23-22-11-5-7-13-25(22)32-27(23)30/h1-4,6,8-10,12,16,20H,5,7,11,13-15,17-18H2. The lowest BCUT2D eigenvalue weighted by Gasteiger charge is -2.36. The average Bonchev–Trinajstić information content (AvgIpc) is 3.44. The van der Waals surface area contributed by atoms with E-state index >= 15 is 0 Å². The first kappa shape index (κ1) is 19.9. The molecule has 1 unspecified atom stereocenters. The van der Waals surface area contributed by atoms with Crippen molar-refractivity contribution in [1.29, 1.82) is 0 Å². The zero-order chi connectivity index (χ0) is 21.5. The molecule has 3 heterocycles. The number of fused-ring (bicyclic) bond motifs is 4. The Morgan fingerprint density at radius 3 is 2.72 bits per heavy atom. The molecule has 32 heavy (non-hydrogen) atoms. The van der Waals surface area contributed by atoms with Gasteiger partial charge < -0.3 is 0 Å². The van der Waals surface area contributed by atoms with Crippen LogP contribution in [0.2, 0.25) is 0 Å². The monoisotopic (exact) mass is 441 g/mol. The van der Waals surface area contributed by atoms with Crippen molar-refractivity contribution in [2.24, 2.45) is 4.99 Å². The number of anilines is 1. The van der Waals surface area contributed by atoms with Gasteiger partial charge >= 0.3 is 0 Å². The third kappa shape index (κ3) is 3.50. The van der Waals surface area contributed by atoms with Crippen LogP contribution in [-0.2, 0) is 19.4 Å². The highest BCUT2D eigenvalue weighted by Crippen LogP contribution is 2.44. The second-order valence-electron chi connectivity index (χ2n) is 9.02. The number of rotatable bonds is 4. The van der Waals surface area contributed by atoms with Crippen molar-refractivity contribution < 1.29 is 4.79 Å². The molecule has 2 aromatic carbocycles. The first-order chi connectivity index (χ1) is 15.8. The Bertz CT molecular complexity index is 1180. The number of benzene rings is 2. The maximum absolute atomic E-state index is 13.5. The molecule has 3 aliphatic rings. The summed E-state index contributed by atoms with van der Waals surface area (Å²) in [5.74, 6) is 0.477. The second kappa shape index (κ2) is 8.30. The molecule has 0 fully saturated rings. The molecule has 0 radical (unpaired) electrons. The van der Waals surface area contributed by atoms with Gasteiger partial charge in [0.1, 0.15) is 5.00 Å². The number of hydrogen-bond donors (Lipinski definition) is 0. The minimum absolute atomic E-state index is 0.114. The predicted octanol–water partition coefficient (Wildman–Crippen LogP) is 5.94. The van der Waals surface area contributed by atoms with Gasteiger partial charge in [0.15, 0.2) is 0 Å². The lowest BCUT2D eigenvalue weighted by atomic mass is 9.94. The van der Waals surface area contributed by atoms with Gasteiger partial charge in [-0.1, -0.05) is 36.4 Å². The van der Waals surface area contributed by atoms with E-state index in [-0.39, 0.29) is 5.91 Å². The third-order valence-electron chi connectivity index (χ3n) is 6.98. The maximum atomic E-state index is 13.5. The normalized spacial score (nSPS) is 19.5. The Balaban J connectivity index is 1.27. The van der Waals surface area contributed by atoms with Gasteiger partial charge in [-0.2, -0.15) is 0 Å².